The number of carbonyl (C=O) groups is 3. The molecular weight excluding hydrogens is 474 g/mol. The Kier molecular flexibility index (Phi) is 5.88. The van der Waals surface area contributed by atoms with Crippen LogP contribution in [-0.4, -0.2) is 46.8 Å². The summed E-state index contributed by atoms with van der Waals surface area (Å²) >= 11 is 4.52. The SMILES string of the molecule is COC(=O)C1=CC(C(=O)c2cc(Br)c(C)cc2O)=CN2C(C)=C(C)SC12C(=O)OC. The molecule has 9 heteroatoms. The molecule has 1 N–H and O–H groups in total. The second-order valence-electron chi connectivity index (χ2n) is 6.83. The Morgan fingerprint density at radius 1 is 1.13 bits per heavy atom. The Morgan fingerprint density at radius 2 is 1.80 bits per heavy atom. The summed E-state index contributed by atoms with van der Waals surface area (Å²) in [4.78, 5) is 39.6. The highest BCUT2D eigenvalue weighted by Crippen LogP contribution is 2.53. The van der Waals surface area contributed by atoms with Crippen molar-refractivity contribution in [3.63, 3.8) is 0 Å². The van der Waals surface area contributed by atoms with Crippen LogP contribution in [-0.2, 0) is 19.1 Å². The molecule has 1 aromatic carbocycles. The summed E-state index contributed by atoms with van der Waals surface area (Å²) in [5.74, 6) is -2.11. The van der Waals surface area contributed by atoms with Gasteiger partial charge in [-0.1, -0.05) is 27.7 Å². The fourth-order valence-electron chi connectivity index (χ4n) is 3.38. The molecular formula is C21H20BrNO6S. The minimum atomic E-state index is -1.52. The van der Waals surface area contributed by atoms with E-state index in [1.807, 2.05) is 6.92 Å². The molecule has 2 aliphatic rings. The fraction of sp³-hybridized carbons (Fsp3) is 0.286. The van der Waals surface area contributed by atoms with Crippen molar-refractivity contribution in [2.24, 2.45) is 0 Å². The first-order valence-corrected chi connectivity index (χ1v) is 10.5. The third-order valence-corrected chi connectivity index (χ3v) is 7.43. The van der Waals surface area contributed by atoms with Crippen LogP contribution in [0.25, 0.3) is 0 Å². The van der Waals surface area contributed by atoms with Gasteiger partial charge in [-0.05, 0) is 44.5 Å². The number of aryl methyl sites for hydroxylation is 1. The molecule has 3 rings (SSSR count). The Hall–Kier alpha value is -2.52. The molecule has 2 aliphatic heterocycles. The van der Waals surface area contributed by atoms with Gasteiger partial charge in [0.05, 0.1) is 25.4 Å². The van der Waals surface area contributed by atoms with Crippen molar-refractivity contribution in [3.8, 4) is 5.75 Å². The van der Waals surface area contributed by atoms with Gasteiger partial charge in [0.25, 0.3) is 0 Å². The number of phenolic OH excluding ortho intramolecular Hbond substituents is 1. The summed E-state index contributed by atoms with van der Waals surface area (Å²) in [5.41, 5.74) is 1.61. The van der Waals surface area contributed by atoms with Crippen LogP contribution in [0.3, 0.4) is 0 Å². The first kappa shape index (κ1) is 22.2. The second kappa shape index (κ2) is 7.96. The smallest absolute Gasteiger partial charge is 0.348 e. The van der Waals surface area contributed by atoms with E-state index in [1.165, 1.54) is 38.6 Å². The molecule has 30 heavy (non-hydrogen) atoms. The number of carbonyl (C=O) groups excluding carboxylic acids is 3. The summed E-state index contributed by atoms with van der Waals surface area (Å²) < 4.78 is 10.6. The minimum absolute atomic E-state index is 0.0328. The number of rotatable bonds is 4. The molecule has 0 saturated heterocycles. The zero-order chi connectivity index (χ0) is 22.4. The minimum Gasteiger partial charge on any atom is -0.507 e. The number of ketones is 1. The van der Waals surface area contributed by atoms with E-state index < -0.39 is 22.6 Å². The molecule has 7 nitrogen and oxygen atoms in total. The molecule has 1 aromatic rings. The molecule has 0 spiro atoms. The number of thioether (sulfide) groups is 1. The molecule has 0 aromatic heterocycles. The van der Waals surface area contributed by atoms with Crippen molar-refractivity contribution in [2.45, 2.75) is 25.6 Å². The Morgan fingerprint density at radius 3 is 2.40 bits per heavy atom. The highest BCUT2D eigenvalue weighted by molar-refractivity contribution is 9.10. The first-order valence-electron chi connectivity index (χ1n) is 8.88. The third-order valence-electron chi connectivity index (χ3n) is 5.10. The van der Waals surface area contributed by atoms with Gasteiger partial charge in [-0.25, -0.2) is 9.59 Å². The molecule has 0 amide bonds. The van der Waals surface area contributed by atoms with Gasteiger partial charge in [-0.15, -0.1) is 0 Å². The van der Waals surface area contributed by atoms with E-state index in [9.17, 15) is 19.5 Å². The monoisotopic (exact) mass is 493 g/mol. The molecule has 0 fully saturated rings. The Bertz CT molecular complexity index is 1070. The zero-order valence-corrected chi connectivity index (χ0v) is 19.4. The quantitative estimate of drug-likeness (QED) is 0.499. The van der Waals surface area contributed by atoms with E-state index in [2.05, 4.69) is 15.9 Å². The number of fused-ring (bicyclic) bond motifs is 1. The lowest BCUT2D eigenvalue weighted by Crippen LogP contribution is -2.52. The van der Waals surface area contributed by atoms with Gasteiger partial charge < -0.3 is 19.5 Å². The summed E-state index contributed by atoms with van der Waals surface area (Å²) in [6.07, 6.45) is 2.82. The maximum atomic E-state index is 13.2. The molecule has 2 heterocycles. The summed E-state index contributed by atoms with van der Waals surface area (Å²) in [6, 6.07) is 3.00. The zero-order valence-electron chi connectivity index (χ0n) is 17.0. The van der Waals surface area contributed by atoms with Crippen molar-refractivity contribution in [1.29, 1.82) is 0 Å². The van der Waals surface area contributed by atoms with Gasteiger partial charge in [0.2, 0.25) is 4.87 Å². The lowest BCUT2D eigenvalue weighted by Gasteiger charge is -2.38. The van der Waals surface area contributed by atoms with E-state index >= 15 is 0 Å². The number of benzene rings is 1. The molecule has 1 atom stereocenters. The molecule has 0 aliphatic carbocycles. The molecule has 1 unspecified atom stereocenters. The van der Waals surface area contributed by atoms with Crippen LogP contribution in [0.5, 0.6) is 5.75 Å². The van der Waals surface area contributed by atoms with Gasteiger partial charge in [-0.3, -0.25) is 4.79 Å². The highest BCUT2D eigenvalue weighted by atomic mass is 79.9. The van der Waals surface area contributed by atoms with Crippen molar-refractivity contribution < 1.29 is 29.0 Å². The standard InChI is InChI=1S/C21H20BrNO6S/c1-10-6-17(24)14(8-16(10)22)18(25)13-7-15(19(26)28-4)21(20(27)29-5)23(9-13)11(2)12(3)30-21/h6-9,24H,1-5H3. The van der Waals surface area contributed by atoms with E-state index in [4.69, 9.17) is 9.47 Å². The van der Waals surface area contributed by atoms with E-state index in [0.717, 1.165) is 22.2 Å². The molecule has 0 bridgehead atoms. The number of phenols is 1. The Labute approximate surface area is 186 Å². The molecule has 0 radical (unpaired) electrons. The second-order valence-corrected chi connectivity index (χ2v) is 9.09. The lowest BCUT2D eigenvalue weighted by molar-refractivity contribution is -0.149. The summed E-state index contributed by atoms with van der Waals surface area (Å²) in [6.45, 7) is 5.39. The normalized spacial score (nSPS) is 20.4. The number of nitrogens with zero attached hydrogens (tertiary/aromatic N) is 1. The van der Waals surface area contributed by atoms with Gasteiger partial charge in [-0.2, -0.15) is 0 Å². The number of hydrogen-bond acceptors (Lipinski definition) is 8. The van der Waals surface area contributed by atoms with Gasteiger partial charge in [0, 0.05) is 26.8 Å². The van der Waals surface area contributed by atoms with Crippen LogP contribution in [0.2, 0.25) is 0 Å². The predicted octanol–water partition coefficient (Wildman–Crippen LogP) is 3.81. The number of aromatic hydroxyl groups is 1. The van der Waals surface area contributed by atoms with Crippen LogP contribution in [0, 0.1) is 6.92 Å². The first-order chi connectivity index (χ1) is 14.1. The Balaban J connectivity index is 2.21. The van der Waals surface area contributed by atoms with E-state index in [1.54, 1.807) is 18.7 Å². The summed E-state index contributed by atoms with van der Waals surface area (Å²) in [5, 5.41) is 10.3. The van der Waals surface area contributed by atoms with E-state index in [0.29, 0.717) is 10.2 Å². The van der Waals surface area contributed by atoms with Crippen LogP contribution >= 0.6 is 27.7 Å². The maximum Gasteiger partial charge on any atom is 0.348 e. The highest BCUT2D eigenvalue weighted by Gasteiger charge is 2.58. The fourth-order valence-corrected chi connectivity index (χ4v) is 5.12. The van der Waals surface area contributed by atoms with E-state index in [-0.39, 0.29) is 22.5 Å². The number of halogens is 1. The van der Waals surface area contributed by atoms with Crippen molar-refractivity contribution in [1.82, 2.24) is 4.90 Å². The van der Waals surface area contributed by atoms with Gasteiger partial charge in [0.1, 0.15) is 5.75 Å². The van der Waals surface area contributed by atoms with Crippen molar-refractivity contribution in [2.75, 3.05) is 14.2 Å². The number of methoxy groups -OCH3 is 2. The van der Waals surface area contributed by atoms with Crippen LogP contribution in [0.15, 0.2) is 50.6 Å². The number of allylic oxidation sites excluding steroid dienone is 4. The van der Waals surface area contributed by atoms with Crippen LogP contribution in [0.4, 0.5) is 0 Å². The molecule has 0 saturated carbocycles. The third kappa shape index (κ3) is 3.26. The lowest BCUT2D eigenvalue weighted by atomic mass is 9.93. The largest absolute Gasteiger partial charge is 0.507 e. The topological polar surface area (TPSA) is 93.1 Å². The number of Topliss-reactive ketones (excluding diaryl/α,β-unsaturated/α-hetero) is 1. The number of hydrogen-bond donors (Lipinski definition) is 1. The predicted molar refractivity (Wildman–Crippen MR) is 116 cm³/mol. The van der Waals surface area contributed by atoms with Gasteiger partial charge in [0.15, 0.2) is 5.78 Å². The van der Waals surface area contributed by atoms with Crippen LogP contribution < -0.4 is 0 Å². The number of esters is 2. The summed E-state index contributed by atoms with van der Waals surface area (Å²) in [7, 11) is 2.44. The molecule has 158 valence electrons. The van der Waals surface area contributed by atoms with Gasteiger partial charge >= 0.3 is 11.9 Å². The average molecular weight is 494 g/mol. The van der Waals surface area contributed by atoms with Crippen LogP contribution in [0.1, 0.15) is 29.8 Å². The van der Waals surface area contributed by atoms with Crippen molar-refractivity contribution >= 4 is 45.4 Å². The maximum absolute atomic E-state index is 13.2. The number of ether oxygens (including phenoxy) is 2. The van der Waals surface area contributed by atoms with Crippen molar-refractivity contribution in [3.05, 3.63) is 61.8 Å². The average Bonchev–Trinajstić information content (AvgIpc) is 2.99.